The number of thiophene rings is 1. The minimum Gasteiger partial charge on any atom is -0.356 e. The molecule has 17 heavy (non-hydrogen) atoms. The first-order valence-corrected chi connectivity index (χ1v) is 6.41. The van der Waals surface area contributed by atoms with Gasteiger partial charge in [0, 0.05) is 31.8 Å². The van der Waals surface area contributed by atoms with Crippen molar-refractivity contribution < 1.29 is 9.59 Å². The molecule has 0 spiro atoms. The summed E-state index contributed by atoms with van der Waals surface area (Å²) in [5.74, 6) is -0.117. The van der Waals surface area contributed by atoms with Crippen molar-refractivity contribution in [1.29, 1.82) is 0 Å². The Hall–Kier alpha value is -1.07. The Morgan fingerprint density at radius 3 is 2.71 bits per heavy atom. The first-order valence-electron chi connectivity index (χ1n) is 5.21. The van der Waals surface area contributed by atoms with Crippen LogP contribution in [-0.4, -0.2) is 30.3 Å². The van der Waals surface area contributed by atoms with Crippen molar-refractivity contribution in [3.05, 3.63) is 21.3 Å². The molecule has 94 valence electrons. The van der Waals surface area contributed by atoms with E-state index in [1.807, 2.05) is 12.1 Å². The second-order valence-corrected chi connectivity index (χ2v) is 5.49. The zero-order valence-electron chi connectivity index (χ0n) is 9.83. The summed E-state index contributed by atoms with van der Waals surface area (Å²) in [4.78, 5) is 25.0. The van der Waals surface area contributed by atoms with Gasteiger partial charge >= 0.3 is 0 Å². The second-order valence-electron chi connectivity index (χ2n) is 3.69. The molecule has 0 saturated carbocycles. The number of hydrogen-bond acceptors (Lipinski definition) is 3. The van der Waals surface area contributed by atoms with Crippen molar-refractivity contribution in [1.82, 2.24) is 10.2 Å². The molecule has 0 bridgehead atoms. The number of amides is 2. The van der Waals surface area contributed by atoms with Crippen molar-refractivity contribution in [2.45, 2.75) is 19.9 Å². The monoisotopic (exact) mass is 274 g/mol. The van der Waals surface area contributed by atoms with Gasteiger partial charge in [0.15, 0.2) is 0 Å². The fraction of sp³-hybridized carbons (Fsp3) is 0.455. The Morgan fingerprint density at radius 2 is 2.18 bits per heavy atom. The normalized spacial score (nSPS) is 10.1. The van der Waals surface area contributed by atoms with E-state index in [9.17, 15) is 9.59 Å². The van der Waals surface area contributed by atoms with Crippen molar-refractivity contribution in [2.75, 3.05) is 13.6 Å². The van der Waals surface area contributed by atoms with Crippen LogP contribution in [-0.2, 0) is 16.1 Å². The standard InChI is InChI=1S/C11H15ClN2O2S/c1-8(15)13-6-5-11(16)14(2)7-9-3-4-10(12)17-9/h3-4H,5-7H2,1-2H3,(H,13,15). The topological polar surface area (TPSA) is 49.4 Å². The molecule has 0 aliphatic rings. The van der Waals surface area contributed by atoms with Crippen LogP contribution in [0.1, 0.15) is 18.2 Å². The third kappa shape index (κ3) is 5.19. The van der Waals surface area contributed by atoms with E-state index in [1.54, 1.807) is 11.9 Å². The lowest BCUT2D eigenvalue weighted by Crippen LogP contribution is -2.30. The maximum Gasteiger partial charge on any atom is 0.224 e. The smallest absolute Gasteiger partial charge is 0.224 e. The van der Waals surface area contributed by atoms with Crippen LogP contribution in [0.25, 0.3) is 0 Å². The van der Waals surface area contributed by atoms with Gasteiger partial charge in [0.25, 0.3) is 0 Å². The highest BCUT2D eigenvalue weighted by molar-refractivity contribution is 7.16. The molecule has 1 aromatic rings. The molecule has 0 radical (unpaired) electrons. The Morgan fingerprint density at radius 1 is 1.47 bits per heavy atom. The minimum atomic E-state index is -0.120. The van der Waals surface area contributed by atoms with E-state index >= 15 is 0 Å². The fourth-order valence-electron chi connectivity index (χ4n) is 1.29. The molecule has 1 heterocycles. The maximum absolute atomic E-state index is 11.7. The van der Waals surface area contributed by atoms with Crippen LogP contribution in [0.15, 0.2) is 12.1 Å². The average Bonchev–Trinajstić information content (AvgIpc) is 2.63. The summed E-state index contributed by atoms with van der Waals surface area (Å²) < 4.78 is 0.721. The zero-order chi connectivity index (χ0) is 12.8. The van der Waals surface area contributed by atoms with E-state index in [0.717, 1.165) is 9.21 Å². The minimum absolute atomic E-state index is 0.00303. The molecule has 2 amide bonds. The Labute approximate surface area is 110 Å². The van der Waals surface area contributed by atoms with Crippen LogP contribution in [0.4, 0.5) is 0 Å². The van der Waals surface area contributed by atoms with Gasteiger partial charge in [-0.25, -0.2) is 0 Å². The van der Waals surface area contributed by atoms with Gasteiger partial charge in [-0.15, -0.1) is 11.3 Å². The first kappa shape index (κ1) is 14.0. The molecule has 1 aromatic heterocycles. The fourth-order valence-corrected chi connectivity index (χ4v) is 2.44. The van der Waals surface area contributed by atoms with Gasteiger partial charge < -0.3 is 10.2 Å². The Kier molecular flexibility index (Phi) is 5.44. The molecular formula is C11H15ClN2O2S. The lowest BCUT2D eigenvalue weighted by Gasteiger charge is -2.16. The molecule has 0 aliphatic carbocycles. The summed E-state index contributed by atoms with van der Waals surface area (Å²) in [6, 6.07) is 3.72. The number of nitrogens with zero attached hydrogens (tertiary/aromatic N) is 1. The molecule has 1 N–H and O–H groups in total. The third-order valence-corrected chi connectivity index (χ3v) is 3.38. The molecule has 1 rings (SSSR count). The maximum atomic E-state index is 11.7. The molecule has 6 heteroatoms. The highest BCUT2D eigenvalue weighted by Crippen LogP contribution is 2.22. The first-order chi connectivity index (χ1) is 7.99. The number of hydrogen-bond donors (Lipinski definition) is 1. The van der Waals surface area contributed by atoms with E-state index in [-0.39, 0.29) is 11.8 Å². The molecule has 4 nitrogen and oxygen atoms in total. The van der Waals surface area contributed by atoms with Crippen molar-refractivity contribution in [3.8, 4) is 0 Å². The molecule has 0 unspecified atom stereocenters. The summed E-state index contributed by atoms with van der Waals surface area (Å²) in [6.45, 7) is 2.36. The molecular weight excluding hydrogens is 260 g/mol. The number of rotatable bonds is 5. The summed E-state index contributed by atoms with van der Waals surface area (Å²) in [7, 11) is 1.74. The van der Waals surface area contributed by atoms with Crippen LogP contribution in [0.2, 0.25) is 4.34 Å². The van der Waals surface area contributed by atoms with Gasteiger partial charge in [-0.3, -0.25) is 9.59 Å². The van der Waals surface area contributed by atoms with Crippen LogP contribution in [0.5, 0.6) is 0 Å². The molecule has 0 atom stereocenters. The lowest BCUT2D eigenvalue weighted by atomic mass is 10.3. The molecule has 0 fully saturated rings. The predicted molar refractivity (Wildman–Crippen MR) is 69.1 cm³/mol. The van der Waals surface area contributed by atoms with Crippen LogP contribution < -0.4 is 5.32 Å². The van der Waals surface area contributed by atoms with E-state index in [2.05, 4.69) is 5.32 Å². The zero-order valence-corrected chi connectivity index (χ0v) is 11.4. The van der Waals surface area contributed by atoms with E-state index < -0.39 is 0 Å². The highest BCUT2D eigenvalue weighted by Gasteiger charge is 2.10. The summed E-state index contributed by atoms with van der Waals surface area (Å²) in [5, 5.41) is 2.59. The van der Waals surface area contributed by atoms with Gasteiger partial charge in [-0.2, -0.15) is 0 Å². The summed E-state index contributed by atoms with van der Waals surface area (Å²) >= 11 is 7.27. The highest BCUT2D eigenvalue weighted by atomic mass is 35.5. The second kappa shape index (κ2) is 6.61. The predicted octanol–water partition coefficient (Wildman–Crippen LogP) is 1.89. The van der Waals surface area contributed by atoms with E-state index in [4.69, 9.17) is 11.6 Å². The average molecular weight is 275 g/mol. The summed E-state index contributed by atoms with van der Waals surface area (Å²) in [6.07, 6.45) is 0.315. The largest absolute Gasteiger partial charge is 0.356 e. The molecule has 0 saturated heterocycles. The quantitative estimate of drug-likeness (QED) is 0.891. The van der Waals surface area contributed by atoms with Gasteiger partial charge in [-0.1, -0.05) is 11.6 Å². The Bertz CT molecular complexity index is 406. The Balaban J connectivity index is 2.34. The van der Waals surface area contributed by atoms with E-state index in [0.29, 0.717) is 19.5 Å². The van der Waals surface area contributed by atoms with Gasteiger partial charge in [0.2, 0.25) is 11.8 Å². The van der Waals surface area contributed by atoms with Crippen molar-refractivity contribution in [3.63, 3.8) is 0 Å². The third-order valence-electron chi connectivity index (χ3n) is 2.16. The van der Waals surface area contributed by atoms with Gasteiger partial charge in [0.1, 0.15) is 0 Å². The van der Waals surface area contributed by atoms with Gasteiger partial charge in [-0.05, 0) is 12.1 Å². The van der Waals surface area contributed by atoms with Crippen molar-refractivity contribution in [2.24, 2.45) is 0 Å². The lowest BCUT2D eigenvalue weighted by molar-refractivity contribution is -0.130. The SMILES string of the molecule is CC(=O)NCCC(=O)N(C)Cc1ccc(Cl)s1. The number of carbonyl (C=O) groups is 2. The van der Waals surface area contributed by atoms with Crippen molar-refractivity contribution >= 4 is 34.8 Å². The van der Waals surface area contributed by atoms with Crippen LogP contribution in [0.3, 0.4) is 0 Å². The van der Waals surface area contributed by atoms with Gasteiger partial charge in [0.05, 0.1) is 10.9 Å². The molecule has 0 aliphatic heterocycles. The number of nitrogens with one attached hydrogen (secondary N) is 1. The van der Waals surface area contributed by atoms with Crippen LogP contribution in [0, 0.1) is 0 Å². The number of halogens is 1. The van der Waals surface area contributed by atoms with E-state index in [1.165, 1.54) is 18.3 Å². The number of carbonyl (C=O) groups excluding carboxylic acids is 2. The van der Waals surface area contributed by atoms with Crippen LogP contribution >= 0.6 is 22.9 Å². The molecule has 0 aromatic carbocycles. The summed E-state index contributed by atoms with van der Waals surface area (Å²) in [5.41, 5.74) is 0.